The summed E-state index contributed by atoms with van der Waals surface area (Å²) in [5.74, 6) is 0.992. The Bertz CT molecular complexity index is 918. The van der Waals surface area contributed by atoms with Crippen molar-refractivity contribution >= 4 is 21.6 Å². The van der Waals surface area contributed by atoms with E-state index in [1.165, 1.54) is 23.8 Å². The van der Waals surface area contributed by atoms with Crippen molar-refractivity contribution in [1.29, 1.82) is 0 Å². The number of hydrogen-bond donors (Lipinski definition) is 0. The van der Waals surface area contributed by atoms with Crippen LogP contribution in [-0.4, -0.2) is 28.0 Å². The van der Waals surface area contributed by atoms with Crippen molar-refractivity contribution in [3.05, 3.63) is 46.3 Å². The third-order valence-electron chi connectivity index (χ3n) is 4.65. The van der Waals surface area contributed by atoms with Gasteiger partial charge in [0.15, 0.2) is 11.6 Å². The van der Waals surface area contributed by atoms with Crippen molar-refractivity contribution < 1.29 is 9.13 Å². The van der Waals surface area contributed by atoms with Gasteiger partial charge in [-0.2, -0.15) is 4.98 Å². The first-order valence-electron chi connectivity index (χ1n) is 8.53. The minimum atomic E-state index is -0.389. The Morgan fingerprint density at radius 3 is 2.68 bits per heavy atom. The van der Waals surface area contributed by atoms with Crippen LogP contribution in [0.5, 0.6) is 11.6 Å². The molecule has 1 saturated heterocycles. The van der Waals surface area contributed by atoms with Gasteiger partial charge in [-0.3, -0.25) is 4.90 Å². The summed E-state index contributed by atoms with van der Waals surface area (Å²) in [4.78, 5) is 13.8. The van der Waals surface area contributed by atoms with Crippen LogP contribution in [0.25, 0.3) is 10.2 Å². The maximum absolute atomic E-state index is 14.0. The number of rotatable bonds is 4. The second-order valence-electron chi connectivity index (χ2n) is 6.42. The first-order valence-corrected chi connectivity index (χ1v) is 9.35. The zero-order chi connectivity index (χ0) is 17.4. The molecule has 2 aromatic heterocycles. The van der Waals surface area contributed by atoms with Gasteiger partial charge >= 0.3 is 0 Å². The Morgan fingerprint density at radius 2 is 1.92 bits per heavy atom. The smallest absolute Gasteiger partial charge is 0.231 e. The molecule has 1 aliphatic heterocycles. The molecule has 4 rings (SSSR count). The van der Waals surface area contributed by atoms with E-state index < -0.39 is 0 Å². The van der Waals surface area contributed by atoms with Gasteiger partial charge in [0.25, 0.3) is 0 Å². The molecule has 0 atom stereocenters. The monoisotopic (exact) mass is 357 g/mol. The molecule has 6 heteroatoms. The molecule has 0 radical (unpaired) electrons. The second kappa shape index (κ2) is 6.69. The Kier molecular flexibility index (Phi) is 4.39. The van der Waals surface area contributed by atoms with Crippen LogP contribution >= 0.6 is 11.3 Å². The molecular formula is C19H20FN3OS. The number of aryl methyl sites for hydroxylation is 2. The van der Waals surface area contributed by atoms with Crippen molar-refractivity contribution in [3.63, 3.8) is 0 Å². The number of benzene rings is 1. The van der Waals surface area contributed by atoms with E-state index in [9.17, 15) is 4.39 Å². The zero-order valence-corrected chi connectivity index (χ0v) is 15.2. The van der Waals surface area contributed by atoms with Crippen molar-refractivity contribution in [1.82, 2.24) is 14.9 Å². The van der Waals surface area contributed by atoms with Gasteiger partial charge in [-0.05, 0) is 57.5 Å². The van der Waals surface area contributed by atoms with E-state index in [1.54, 1.807) is 29.5 Å². The average Bonchev–Trinajstić information content (AvgIpc) is 3.18. The molecule has 3 heterocycles. The molecule has 0 amide bonds. The number of likely N-dealkylation sites (tertiary alicyclic amines) is 1. The number of fused-ring (bicyclic) bond motifs is 1. The first kappa shape index (κ1) is 16.4. The lowest BCUT2D eigenvalue weighted by Gasteiger charge is -2.14. The van der Waals surface area contributed by atoms with Gasteiger partial charge in [-0.15, -0.1) is 11.3 Å². The number of halogens is 1. The lowest BCUT2D eigenvalue weighted by molar-refractivity contribution is 0.320. The van der Waals surface area contributed by atoms with Crippen LogP contribution in [0.4, 0.5) is 4.39 Å². The van der Waals surface area contributed by atoms with Gasteiger partial charge in [0, 0.05) is 4.88 Å². The summed E-state index contributed by atoms with van der Waals surface area (Å²) in [6, 6.07) is 6.42. The van der Waals surface area contributed by atoms with Crippen LogP contribution in [0, 0.1) is 19.7 Å². The fraction of sp³-hybridized carbons (Fsp3) is 0.368. The van der Waals surface area contributed by atoms with E-state index in [0.29, 0.717) is 12.4 Å². The highest BCUT2D eigenvalue weighted by atomic mass is 32.1. The predicted octanol–water partition coefficient (Wildman–Crippen LogP) is 4.84. The van der Waals surface area contributed by atoms with E-state index in [1.807, 2.05) is 6.92 Å². The number of nitrogens with zero attached hydrogens (tertiary/aromatic N) is 3. The standard InChI is InChI=1S/C19H20FN3OS/c1-12-13(2)25-19-17(12)18(24-15-8-4-3-7-14(15)20)21-16(22-19)11-23-9-5-6-10-23/h3-4,7-8H,5-6,9-11H2,1-2H3. The topological polar surface area (TPSA) is 38.2 Å². The van der Waals surface area contributed by atoms with Crippen molar-refractivity contribution in [2.75, 3.05) is 13.1 Å². The first-order chi connectivity index (χ1) is 12.1. The van der Waals surface area contributed by atoms with Crippen LogP contribution < -0.4 is 4.74 Å². The summed E-state index contributed by atoms with van der Waals surface area (Å²) in [5, 5.41) is 0.885. The van der Waals surface area contributed by atoms with Gasteiger partial charge in [0.2, 0.25) is 5.88 Å². The largest absolute Gasteiger partial charge is 0.435 e. The quantitative estimate of drug-likeness (QED) is 0.670. The maximum atomic E-state index is 14.0. The number of aromatic nitrogens is 2. The van der Waals surface area contributed by atoms with Crippen LogP contribution in [0.1, 0.15) is 29.1 Å². The van der Waals surface area contributed by atoms with Crippen LogP contribution in [-0.2, 0) is 6.54 Å². The highest BCUT2D eigenvalue weighted by Crippen LogP contribution is 2.37. The summed E-state index contributed by atoms with van der Waals surface area (Å²) in [5.41, 5.74) is 1.10. The molecule has 1 fully saturated rings. The number of ether oxygens (including phenoxy) is 1. The summed E-state index contributed by atoms with van der Waals surface area (Å²) in [6.07, 6.45) is 2.44. The summed E-state index contributed by atoms with van der Waals surface area (Å²) >= 11 is 1.64. The van der Waals surface area contributed by atoms with Crippen LogP contribution in [0.3, 0.4) is 0 Å². The molecule has 0 aliphatic carbocycles. The van der Waals surface area contributed by atoms with Gasteiger partial charge in [-0.25, -0.2) is 9.37 Å². The molecule has 25 heavy (non-hydrogen) atoms. The van der Waals surface area contributed by atoms with Crippen LogP contribution in [0.2, 0.25) is 0 Å². The third kappa shape index (κ3) is 3.24. The second-order valence-corrected chi connectivity index (χ2v) is 7.63. The highest BCUT2D eigenvalue weighted by Gasteiger charge is 2.19. The summed E-state index contributed by atoms with van der Waals surface area (Å²) in [7, 11) is 0. The van der Waals surface area contributed by atoms with Crippen molar-refractivity contribution in [3.8, 4) is 11.6 Å². The van der Waals surface area contributed by atoms with Gasteiger partial charge in [-0.1, -0.05) is 12.1 Å². The number of hydrogen-bond acceptors (Lipinski definition) is 5. The lowest BCUT2D eigenvalue weighted by atomic mass is 10.2. The average molecular weight is 357 g/mol. The molecule has 0 saturated carbocycles. The zero-order valence-electron chi connectivity index (χ0n) is 14.4. The normalized spacial score (nSPS) is 15.2. The third-order valence-corrected chi connectivity index (χ3v) is 5.75. The molecular weight excluding hydrogens is 337 g/mol. The number of para-hydroxylation sites is 1. The highest BCUT2D eigenvalue weighted by molar-refractivity contribution is 7.18. The minimum Gasteiger partial charge on any atom is -0.435 e. The molecule has 3 aromatic rings. The fourth-order valence-electron chi connectivity index (χ4n) is 3.17. The molecule has 0 spiro atoms. The predicted molar refractivity (Wildman–Crippen MR) is 97.9 cm³/mol. The molecule has 1 aromatic carbocycles. The van der Waals surface area contributed by atoms with Gasteiger partial charge < -0.3 is 4.74 Å². The Morgan fingerprint density at radius 1 is 1.16 bits per heavy atom. The lowest BCUT2D eigenvalue weighted by Crippen LogP contribution is -2.20. The molecule has 0 N–H and O–H groups in total. The SMILES string of the molecule is Cc1sc2nc(CN3CCCC3)nc(Oc3ccccc3F)c2c1C. The fourth-order valence-corrected chi connectivity index (χ4v) is 4.21. The molecule has 130 valence electrons. The molecule has 0 bridgehead atoms. The minimum absolute atomic E-state index is 0.192. The van der Waals surface area contributed by atoms with E-state index >= 15 is 0 Å². The molecule has 0 unspecified atom stereocenters. The summed E-state index contributed by atoms with van der Waals surface area (Å²) < 4.78 is 19.9. The van der Waals surface area contributed by atoms with E-state index in [4.69, 9.17) is 9.72 Å². The van der Waals surface area contributed by atoms with Gasteiger partial charge in [0.05, 0.1) is 11.9 Å². The molecule has 1 aliphatic rings. The van der Waals surface area contributed by atoms with Crippen LogP contribution in [0.15, 0.2) is 24.3 Å². The van der Waals surface area contributed by atoms with Crippen molar-refractivity contribution in [2.24, 2.45) is 0 Å². The Labute approximate surface area is 150 Å². The maximum Gasteiger partial charge on any atom is 0.231 e. The molecule has 4 nitrogen and oxygen atoms in total. The van der Waals surface area contributed by atoms with E-state index in [-0.39, 0.29) is 11.6 Å². The van der Waals surface area contributed by atoms with Crippen molar-refractivity contribution in [2.45, 2.75) is 33.2 Å². The van der Waals surface area contributed by atoms with Gasteiger partial charge in [0.1, 0.15) is 10.7 Å². The Hall–Kier alpha value is -2.05. The summed E-state index contributed by atoms with van der Waals surface area (Å²) in [6.45, 7) is 6.96. The van der Waals surface area contributed by atoms with E-state index in [2.05, 4.69) is 16.8 Å². The Balaban J connectivity index is 1.77. The van der Waals surface area contributed by atoms with E-state index in [0.717, 1.165) is 34.7 Å². The number of thiophene rings is 1.